The molecule has 0 spiro atoms. The third-order valence-electron chi connectivity index (χ3n) is 2.20. The van der Waals surface area contributed by atoms with E-state index in [1.54, 1.807) is 24.3 Å². The number of aromatic nitrogens is 1. The Kier molecular flexibility index (Phi) is 4.47. The fourth-order valence-corrected chi connectivity index (χ4v) is 1.80. The number of amides is 2. The van der Waals surface area contributed by atoms with Crippen LogP contribution in [0.25, 0.3) is 0 Å². The lowest BCUT2D eigenvalue weighted by Gasteiger charge is -2.09. The molecule has 2 aromatic rings. The topological polar surface area (TPSA) is 54.0 Å². The minimum Gasteiger partial charge on any atom is -0.308 e. The van der Waals surface area contributed by atoms with Crippen molar-refractivity contribution in [3.63, 3.8) is 0 Å². The molecule has 0 aliphatic carbocycles. The quantitative estimate of drug-likeness (QED) is 0.844. The highest BCUT2D eigenvalue weighted by Gasteiger charge is 2.06. The Morgan fingerprint density at radius 2 is 1.79 bits per heavy atom. The summed E-state index contributed by atoms with van der Waals surface area (Å²) >= 11 is 17.5. The van der Waals surface area contributed by atoms with E-state index in [9.17, 15) is 4.79 Å². The second-order valence-electron chi connectivity index (χ2n) is 3.56. The SMILES string of the molecule is O=C(Nc1ccc(Cl)c(Cl)c1)Nc1ccncc1Cl. The average molecular weight is 317 g/mol. The third kappa shape index (κ3) is 3.73. The van der Waals surface area contributed by atoms with Crippen LogP contribution >= 0.6 is 34.8 Å². The van der Waals surface area contributed by atoms with E-state index < -0.39 is 6.03 Å². The molecule has 98 valence electrons. The van der Waals surface area contributed by atoms with Gasteiger partial charge in [-0.05, 0) is 24.3 Å². The maximum atomic E-state index is 11.8. The van der Waals surface area contributed by atoms with Crippen molar-refractivity contribution >= 4 is 52.2 Å². The first-order chi connectivity index (χ1) is 9.06. The largest absolute Gasteiger partial charge is 0.323 e. The van der Waals surface area contributed by atoms with E-state index in [2.05, 4.69) is 15.6 Å². The van der Waals surface area contributed by atoms with Crippen LogP contribution in [0.15, 0.2) is 36.7 Å². The lowest BCUT2D eigenvalue weighted by atomic mass is 10.3. The summed E-state index contributed by atoms with van der Waals surface area (Å²) in [5, 5.41) is 6.35. The number of hydrogen-bond donors (Lipinski definition) is 2. The molecule has 2 rings (SSSR count). The van der Waals surface area contributed by atoms with Gasteiger partial charge in [-0.25, -0.2) is 4.79 Å². The molecule has 0 saturated heterocycles. The van der Waals surface area contributed by atoms with E-state index in [4.69, 9.17) is 34.8 Å². The number of hydrogen-bond acceptors (Lipinski definition) is 2. The molecule has 0 fully saturated rings. The minimum absolute atomic E-state index is 0.354. The number of benzene rings is 1. The molecule has 1 heterocycles. The Morgan fingerprint density at radius 1 is 1.00 bits per heavy atom. The molecule has 0 bridgehead atoms. The Hall–Kier alpha value is -1.49. The van der Waals surface area contributed by atoms with E-state index in [0.717, 1.165) is 0 Å². The predicted octanol–water partition coefficient (Wildman–Crippen LogP) is 4.69. The van der Waals surface area contributed by atoms with Crippen LogP contribution in [0.5, 0.6) is 0 Å². The zero-order chi connectivity index (χ0) is 13.8. The number of nitrogens with zero attached hydrogens (tertiary/aromatic N) is 1. The molecule has 1 aromatic carbocycles. The second kappa shape index (κ2) is 6.10. The second-order valence-corrected chi connectivity index (χ2v) is 4.79. The van der Waals surface area contributed by atoms with Crippen molar-refractivity contribution in [2.75, 3.05) is 10.6 Å². The molecule has 0 unspecified atom stereocenters. The molecule has 0 atom stereocenters. The molecule has 0 aliphatic rings. The molecule has 2 N–H and O–H groups in total. The highest BCUT2D eigenvalue weighted by Crippen LogP contribution is 2.25. The van der Waals surface area contributed by atoms with Crippen molar-refractivity contribution in [1.82, 2.24) is 4.98 Å². The fourth-order valence-electron chi connectivity index (χ4n) is 1.34. The van der Waals surface area contributed by atoms with Gasteiger partial charge >= 0.3 is 6.03 Å². The standard InChI is InChI=1S/C12H8Cl3N3O/c13-8-2-1-7(5-9(8)14)17-12(19)18-11-3-4-16-6-10(11)15/h1-6H,(H2,16,17,18,19). The number of carbonyl (C=O) groups is 1. The van der Waals surface area contributed by atoms with Gasteiger partial charge in [0.25, 0.3) is 0 Å². The molecule has 1 aromatic heterocycles. The van der Waals surface area contributed by atoms with Crippen molar-refractivity contribution in [2.45, 2.75) is 0 Å². The summed E-state index contributed by atoms with van der Waals surface area (Å²) in [6, 6.07) is 5.95. The maximum absolute atomic E-state index is 11.8. The van der Waals surface area contributed by atoms with E-state index >= 15 is 0 Å². The zero-order valence-electron chi connectivity index (χ0n) is 9.45. The number of carbonyl (C=O) groups excluding carboxylic acids is 1. The van der Waals surface area contributed by atoms with Crippen LogP contribution in [0.4, 0.5) is 16.2 Å². The van der Waals surface area contributed by atoms with Crippen molar-refractivity contribution in [1.29, 1.82) is 0 Å². The van der Waals surface area contributed by atoms with Gasteiger partial charge in [0.1, 0.15) is 0 Å². The highest BCUT2D eigenvalue weighted by atomic mass is 35.5. The molecule has 0 aliphatic heterocycles. The molecule has 7 heteroatoms. The summed E-state index contributed by atoms with van der Waals surface area (Å²) in [5.41, 5.74) is 0.992. The zero-order valence-corrected chi connectivity index (χ0v) is 11.7. The first-order valence-electron chi connectivity index (χ1n) is 5.19. The summed E-state index contributed by atoms with van der Waals surface area (Å²) in [6.45, 7) is 0. The average Bonchev–Trinajstić information content (AvgIpc) is 2.37. The number of halogens is 3. The van der Waals surface area contributed by atoms with Crippen molar-refractivity contribution in [2.24, 2.45) is 0 Å². The van der Waals surface area contributed by atoms with Crippen LogP contribution in [-0.4, -0.2) is 11.0 Å². The maximum Gasteiger partial charge on any atom is 0.323 e. The van der Waals surface area contributed by atoms with Gasteiger partial charge in [0.05, 0.1) is 20.8 Å². The Morgan fingerprint density at radius 3 is 2.47 bits per heavy atom. The van der Waals surface area contributed by atoms with Crippen LogP contribution in [0.2, 0.25) is 15.1 Å². The molecule has 19 heavy (non-hydrogen) atoms. The Bertz CT molecular complexity index is 619. The van der Waals surface area contributed by atoms with Crippen LogP contribution in [-0.2, 0) is 0 Å². The summed E-state index contributed by atoms with van der Waals surface area (Å²) in [4.78, 5) is 15.6. The molecule has 2 amide bonds. The van der Waals surface area contributed by atoms with Gasteiger partial charge in [0.15, 0.2) is 0 Å². The van der Waals surface area contributed by atoms with Crippen LogP contribution in [0.1, 0.15) is 0 Å². The number of nitrogens with one attached hydrogen (secondary N) is 2. The van der Waals surface area contributed by atoms with E-state index in [0.29, 0.717) is 26.4 Å². The summed E-state index contributed by atoms with van der Waals surface area (Å²) in [7, 11) is 0. The van der Waals surface area contributed by atoms with E-state index in [1.807, 2.05) is 0 Å². The third-order valence-corrected chi connectivity index (χ3v) is 3.24. The lowest BCUT2D eigenvalue weighted by molar-refractivity contribution is 0.262. The number of urea groups is 1. The summed E-state index contributed by atoms with van der Waals surface area (Å²) in [5.74, 6) is 0. The molecule has 0 saturated carbocycles. The Labute approximate surface area is 124 Å². The van der Waals surface area contributed by atoms with E-state index in [-0.39, 0.29) is 0 Å². The molecule has 0 radical (unpaired) electrons. The normalized spacial score (nSPS) is 10.1. The van der Waals surface area contributed by atoms with Crippen LogP contribution < -0.4 is 10.6 Å². The van der Waals surface area contributed by atoms with Gasteiger partial charge in [0, 0.05) is 18.1 Å². The first-order valence-corrected chi connectivity index (χ1v) is 6.32. The first kappa shape index (κ1) is 13.9. The van der Waals surface area contributed by atoms with E-state index in [1.165, 1.54) is 12.4 Å². The predicted molar refractivity (Wildman–Crippen MR) is 78.4 cm³/mol. The molecule has 4 nitrogen and oxygen atoms in total. The fraction of sp³-hybridized carbons (Fsp3) is 0. The van der Waals surface area contributed by atoms with Crippen molar-refractivity contribution < 1.29 is 4.79 Å². The minimum atomic E-state index is -0.438. The van der Waals surface area contributed by atoms with Gasteiger partial charge in [-0.1, -0.05) is 34.8 Å². The van der Waals surface area contributed by atoms with Crippen LogP contribution in [0, 0.1) is 0 Å². The van der Waals surface area contributed by atoms with Gasteiger partial charge < -0.3 is 10.6 Å². The van der Waals surface area contributed by atoms with Gasteiger partial charge in [-0.3, -0.25) is 4.98 Å². The number of rotatable bonds is 2. The lowest BCUT2D eigenvalue weighted by Crippen LogP contribution is -2.19. The molecular formula is C12H8Cl3N3O. The van der Waals surface area contributed by atoms with Crippen LogP contribution in [0.3, 0.4) is 0 Å². The van der Waals surface area contributed by atoms with Crippen molar-refractivity contribution in [3.05, 3.63) is 51.7 Å². The summed E-state index contributed by atoms with van der Waals surface area (Å²) in [6.07, 6.45) is 2.97. The number of anilines is 2. The smallest absolute Gasteiger partial charge is 0.308 e. The van der Waals surface area contributed by atoms with Gasteiger partial charge in [-0.2, -0.15) is 0 Å². The van der Waals surface area contributed by atoms with Gasteiger partial charge in [-0.15, -0.1) is 0 Å². The Balaban J connectivity index is 2.05. The van der Waals surface area contributed by atoms with Crippen molar-refractivity contribution in [3.8, 4) is 0 Å². The summed E-state index contributed by atoms with van der Waals surface area (Å²) < 4.78 is 0. The molecular weight excluding hydrogens is 309 g/mol. The highest BCUT2D eigenvalue weighted by molar-refractivity contribution is 6.42. The number of pyridine rings is 1. The van der Waals surface area contributed by atoms with Gasteiger partial charge in [0.2, 0.25) is 0 Å². The monoisotopic (exact) mass is 315 g/mol.